The van der Waals surface area contributed by atoms with Crippen molar-refractivity contribution in [1.82, 2.24) is 10.3 Å². The van der Waals surface area contributed by atoms with Gasteiger partial charge in [0.25, 0.3) is 0 Å². The first-order valence-electron chi connectivity index (χ1n) is 5.71. The Hall–Kier alpha value is -1.78. The van der Waals surface area contributed by atoms with Crippen molar-refractivity contribution < 1.29 is 9.53 Å². The van der Waals surface area contributed by atoms with Crippen molar-refractivity contribution >= 4 is 11.6 Å². The Kier molecular flexibility index (Phi) is 5.26. The van der Waals surface area contributed by atoms with Gasteiger partial charge in [-0.3, -0.25) is 4.79 Å². The third-order valence-corrected chi connectivity index (χ3v) is 2.27. The number of hydrogen-bond donors (Lipinski definition) is 2. The zero-order valence-corrected chi connectivity index (χ0v) is 10.5. The Morgan fingerprint density at radius 3 is 3.00 bits per heavy atom. The Morgan fingerprint density at radius 1 is 1.59 bits per heavy atom. The molecule has 1 unspecified atom stereocenters. The first kappa shape index (κ1) is 13.3. The summed E-state index contributed by atoms with van der Waals surface area (Å²) >= 11 is 0. The quantitative estimate of drug-likeness (QED) is 0.785. The van der Waals surface area contributed by atoms with Gasteiger partial charge < -0.3 is 15.4 Å². The lowest BCUT2D eigenvalue weighted by Gasteiger charge is -2.15. The molecule has 0 saturated carbocycles. The largest absolute Gasteiger partial charge is 0.481 e. The number of carbonyl (C=O) groups is 1. The molecule has 5 nitrogen and oxygen atoms in total. The highest BCUT2D eigenvalue weighted by molar-refractivity contribution is 5.84. The Bertz CT molecular complexity index is 369. The summed E-state index contributed by atoms with van der Waals surface area (Å²) in [5.41, 5.74) is 0.816. The Labute approximate surface area is 102 Å². The monoisotopic (exact) mass is 237 g/mol. The summed E-state index contributed by atoms with van der Waals surface area (Å²) in [7, 11) is 1.56. The van der Waals surface area contributed by atoms with Crippen molar-refractivity contribution in [2.24, 2.45) is 0 Å². The van der Waals surface area contributed by atoms with Crippen molar-refractivity contribution in [2.75, 3.05) is 19.0 Å². The predicted molar refractivity (Wildman–Crippen MR) is 67.2 cm³/mol. The number of pyridine rings is 1. The van der Waals surface area contributed by atoms with E-state index in [1.165, 1.54) is 0 Å². The molecule has 0 fully saturated rings. The maximum absolute atomic E-state index is 11.6. The van der Waals surface area contributed by atoms with Crippen LogP contribution in [0.25, 0.3) is 0 Å². The molecule has 0 radical (unpaired) electrons. The van der Waals surface area contributed by atoms with Crippen LogP contribution in [-0.2, 0) is 4.79 Å². The van der Waals surface area contributed by atoms with Crippen molar-refractivity contribution in [3.8, 4) is 5.88 Å². The molecule has 0 bridgehead atoms. The standard InChI is InChI=1S/C12H19N3O2/c1-4-6-14-12(16)9(2)15-10-5-7-13-11(8-10)17-3/h5,7-9H,4,6H2,1-3H3,(H,13,15)(H,14,16). The van der Waals surface area contributed by atoms with E-state index in [2.05, 4.69) is 15.6 Å². The van der Waals surface area contributed by atoms with Gasteiger partial charge >= 0.3 is 0 Å². The highest BCUT2D eigenvalue weighted by Gasteiger charge is 2.11. The van der Waals surface area contributed by atoms with E-state index in [0.717, 1.165) is 12.1 Å². The number of hydrogen-bond acceptors (Lipinski definition) is 4. The van der Waals surface area contributed by atoms with E-state index >= 15 is 0 Å². The van der Waals surface area contributed by atoms with Gasteiger partial charge in [-0.05, 0) is 19.4 Å². The van der Waals surface area contributed by atoms with E-state index < -0.39 is 0 Å². The number of amides is 1. The van der Waals surface area contributed by atoms with Crippen molar-refractivity contribution in [3.63, 3.8) is 0 Å². The molecule has 1 amide bonds. The fraction of sp³-hybridized carbons (Fsp3) is 0.500. The molecule has 2 N–H and O–H groups in total. The molecule has 1 atom stereocenters. The van der Waals surface area contributed by atoms with Crippen LogP contribution in [0, 0.1) is 0 Å². The summed E-state index contributed by atoms with van der Waals surface area (Å²) < 4.78 is 5.01. The summed E-state index contributed by atoms with van der Waals surface area (Å²) in [4.78, 5) is 15.6. The zero-order chi connectivity index (χ0) is 12.7. The van der Waals surface area contributed by atoms with Gasteiger partial charge in [0.2, 0.25) is 11.8 Å². The van der Waals surface area contributed by atoms with E-state index in [-0.39, 0.29) is 11.9 Å². The van der Waals surface area contributed by atoms with Gasteiger partial charge in [0.05, 0.1) is 7.11 Å². The number of methoxy groups -OCH3 is 1. The zero-order valence-electron chi connectivity index (χ0n) is 10.5. The third-order valence-electron chi connectivity index (χ3n) is 2.27. The minimum absolute atomic E-state index is 0.0115. The van der Waals surface area contributed by atoms with Gasteiger partial charge in [0.1, 0.15) is 6.04 Å². The van der Waals surface area contributed by atoms with Gasteiger partial charge in [-0.15, -0.1) is 0 Å². The van der Waals surface area contributed by atoms with Crippen LogP contribution in [0.15, 0.2) is 18.3 Å². The van der Waals surface area contributed by atoms with Crippen molar-refractivity contribution in [1.29, 1.82) is 0 Å². The van der Waals surface area contributed by atoms with Crippen LogP contribution in [0.1, 0.15) is 20.3 Å². The molecule has 0 spiro atoms. The van der Waals surface area contributed by atoms with Crippen LogP contribution in [-0.4, -0.2) is 30.6 Å². The van der Waals surface area contributed by atoms with Gasteiger partial charge in [-0.1, -0.05) is 6.92 Å². The fourth-order valence-corrected chi connectivity index (χ4v) is 1.33. The van der Waals surface area contributed by atoms with Gasteiger partial charge in [0, 0.05) is 24.5 Å². The van der Waals surface area contributed by atoms with Crippen LogP contribution >= 0.6 is 0 Å². The van der Waals surface area contributed by atoms with Crippen LogP contribution in [0.3, 0.4) is 0 Å². The molecule has 94 valence electrons. The van der Waals surface area contributed by atoms with Gasteiger partial charge in [0.15, 0.2) is 0 Å². The van der Waals surface area contributed by atoms with Crippen LogP contribution in [0.4, 0.5) is 5.69 Å². The minimum atomic E-state index is -0.284. The number of anilines is 1. The van der Waals surface area contributed by atoms with Crippen molar-refractivity contribution in [2.45, 2.75) is 26.3 Å². The molecular weight excluding hydrogens is 218 g/mol. The number of nitrogens with zero attached hydrogens (tertiary/aromatic N) is 1. The van der Waals surface area contributed by atoms with Crippen molar-refractivity contribution in [3.05, 3.63) is 18.3 Å². The first-order chi connectivity index (χ1) is 8.17. The summed E-state index contributed by atoms with van der Waals surface area (Å²) in [6.07, 6.45) is 2.57. The smallest absolute Gasteiger partial charge is 0.242 e. The molecule has 0 aliphatic heterocycles. The Morgan fingerprint density at radius 2 is 2.35 bits per heavy atom. The average Bonchev–Trinajstić information content (AvgIpc) is 2.36. The normalized spacial score (nSPS) is 11.7. The second-order valence-electron chi connectivity index (χ2n) is 3.74. The molecule has 0 aliphatic carbocycles. The third kappa shape index (κ3) is 4.30. The maximum Gasteiger partial charge on any atom is 0.242 e. The van der Waals surface area contributed by atoms with Gasteiger partial charge in [-0.25, -0.2) is 4.98 Å². The number of nitrogens with one attached hydrogen (secondary N) is 2. The number of ether oxygens (including phenoxy) is 1. The number of carbonyl (C=O) groups excluding carboxylic acids is 1. The minimum Gasteiger partial charge on any atom is -0.481 e. The lowest BCUT2D eigenvalue weighted by atomic mass is 10.2. The summed E-state index contributed by atoms with van der Waals surface area (Å²) in [5.74, 6) is 0.513. The second-order valence-corrected chi connectivity index (χ2v) is 3.74. The fourth-order valence-electron chi connectivity index (χ4n) is 1.33. The van der Waals surface area contributed by atoms with Crippen LogP contribution in [0.2, 0.25) is 0 Å². The summed E-state index contributed by atoms with van der Waals surface area (Å²) in [6, 6.07) is 3.27. The predicted octanol–water partition coefficient (Wildman–Crippen LogP) is 1.42. The molecule has 1 aromatic heterocycles. The molecule has 1 rings (SSSR count). The van der Waals surface area contributed by atoms with E-state index in [4.69, 9.17) is 4.74 Å². The Balaban J connectivity index is 2.54. The lowest BCUT2D eigenvalue weighted by Crippen LogP contribution is -2.37. The molecule has 1 heterocycles. The molecule has 0 aromatic carbocycles. The molecule has 0 saturated heterocycles. The maximum atomic E-state index is 11.6. The van der Waals surface area contributed by atoms with E-state index in [0.29, 0.717) is 12.4 Å². The van der Waals surface area contributed by atoms with E-state index in [1.807, 2.05) is 13.8 Å². The molecule has 1 aromatic rings. The second kappa shape index (κ2) is 6.73. The summed E-state index contributed by atoms with van der Waals surface area (Å²) in [5, 5.41) is 5.93. The molecule has 0 aliphatic rings. The first-order valence-corrected chi connectivity index (χ1v) is 5.71. The van der Waals surface area contributed by atoms with Gasteiger partial charge in [-0.2, -0.15) is 0 Å². The summed E-state index contributed by atoms with van der Waals surface area (Å²) in [6.45, 7) is 4.54. The highest BCUT2D eigenvalue weighted by Crippen LogP contribution is 2.14. The lowest BCUT2D eigenvalue weighted by molar-refractivity contribution is -0.121. The van der Waals surface area contributed by atoms with E-state index in [1.54, 1.807) is 25.4 Å². The van der Waals surface area contributed by atoms with E-state index in [9.17, 15) is 4.79 Å². The average molecular weight is 237 g/mol. The topological polar surface area (TPSA) is 63.2 Å². The van der Waals surface area contributed by atoms with Crippen LogP contribution in [0.5, 0.6) is 5.88 Å². The SMILES string of the molecule is CCCNC(=O)C(C)Nc1ccnc(OC)c1. The molecule has 17 heavy (non-hydrogen) atoms. The number of rotatable bonds is 6. The van der Waals surface area contributed by atoms with Crippen LogP contribution < -0.4 is 15.4 Å². The highest BCUT2D eigenvalue weighted by atomic mass is 16.5. The molecule has 5 heteroatoms. The molecular formula is C12H19N3O2. The number of aromatic nitrogens is 1.